The molecule has 3 aromatic rings. The van der Waals surface area contributed by atoms with Crippen molar-refractivity contribution < 1.29 is 27.5 Å². The molecule has 1 aliphatic heterocycles. The molecular weight excluding hydrogens is 477 g/mol. The summed E-state index contributed by atoms with van der Waals surface area (Å²) >= 11 is -2.27. The summed E-state index contributed by atoms with van der Waals surface area (Å²) in [6.45, 7) is 1.90. The van der Waals surface area contributed by atoms with E-state index < -0.39 is 29.3 Å². The van der Waals surface area contributed by atoms with Crippen LogP contribution in [-0.2, 0) is 34.4 Å². The summed E-state index contributed by atoms with van der Waals surface area (Å²) in [5.74, 6) is -0.381. The van der Waals surface area contributed by atoms with Crippen molar-refractivity contribution in [3.05, 3.63) is 66.4 Å². The van der Waals surface area contributed by atoms with E-state index in [1.165, 1.54) is 28.5 Å². The highest BCUT2D eigenvalue weighted by Crippen LogP contribution is 2.29. The second-order valence-electron chi connectivity index (χ2n) is 8.08. The molecule has 2 unspecified atom stereocenters. The molecule has 2 N–H and O–H groups in total. The number of rotatable bonds is 8. The summed E-state index contributed by atoms with van der Waals surface area (Å²) in [6, 6.07) is 11.4. The number of aryl methyl sites for hydroxylation is 1. The summed E-state index contributed by atoms with van der Waals surface area (Å²) in [5, 5.41) is 2.60. The van der Waals surface area contributed by atoms with Gasteiger partial charge in [-0.2, -0.15) is 0 Å². The minimum absolute atomic E-state index is 0.137. The van der Waals surface area contributed by atoms with E-state index in [1.807, 2.05) is 0 Å². The maximum Gasteiger partial charge on any atom is 0.414 e. The number of anilines is 2. The molecule has 0 aliphatic carbocycles. The number of halogens is 1. The molecule has 0 bridgehead atoms. The van der Waals surface area contributed by atoms with Gasteiger partial charge in [0.05, 0.1) is 31.6 Å². The lowest BCUT2D eigenvalue weighted by Gasteiger charge is -2.17. The van der Waals surface area contributed by atoms with Gasteiger partial charge in [-0.25, -0.2) is 22.7 Å². The van der Waals surface area contributed by atoms with Crippen LogP contribution in [0, 0.1) is 5.82 Å². The van der Waals surface area contributed by atoms with Gasteiger partial charge in [0.15, 0.2) is 5.82 Å². The van der Waals surface area contributed by atoms with E-state index in [1.54, 1.807) is 54.2 Å². The van der Waals surface area contributed by atoms with Crippen molar-refractivity contribution in [1.82, 2.24) is 14.9 Å². The summed E-state index contributed by atoms with van der Waals surface area (Å²) < 4.78 is 44.6. The second kappa shape index (κ2) is 10.2. The van der Waals surface area contributed by atoms with Crippen molar-refractivity contribution in [1.29, 1.82) is 0 Å². The van der Waals surface area contributed by atoms with Crippen molar-refractivity contribution >= 4 is 34.8 Å². The van der Waals surface area contributed by atoms with Crippen molar-refractivity contribution in [3.8, 4) is 11.1 Å². The van der Waals surface area contributed by atoms with Crippen LogP contribution in [0.25, 0.3) is 11.1 Å². The van der Waals surface area contributed by atoms with Gasteiger partial charge in [-0.3, -0.25) is 14.2 Å². The number of imidazole rings is 1. The topological polar surface area (TPSA) is 117 Å². The number of hydrogen-bond donors (Lipinski definition) is 2. The Labute approximate surface area is 203 Å². The first-order valence-electron chi connectivity index (χ1n) is 10.7. The van der Waals surface area contributed by atoms with Crippen molar-refractivity contribution in [2.45, 2.75) is 19.6 Å². The lowest BCUT2D eigenvalue weighted by molar-refractivity contribution is -0.119. The molecule has 4 rings (SSSR count). The van der Waals surface area contributed by atoms with Crippen molar-refractivity contribution in [3.63, 3.8) is 0 Å². The quantitative estimate of drug-likeness (QED) is 0.459. The summed E-state index contributed by atoms with van der Waals surface area (Å²) in [4.78, 5) is 28.7. The van der Waals surface area contributed by atoms with Gasteiger partial charge < -0.3 is 14.6 Å². The molecule has 2 amide bonds. The standard InChI is InChI=1S/C23H24FN5O5S/c1-15(30)25-10-19-12-28(23(31)34-19)18-7-8-20(21(24)9-18)17-5-3-16(4-6-17)11-29(35(32)33)22-13-27(2)14-26-22/h3-9,13-14,19H,10-12H2,1-2H3,(H,25,30)(H,32,33). The van der Waals surface area contributed by atoms with Crippen LogP contribution in [0.15, 0.2) is 55.0 Å². The predicted molar refractivity (Wildman–Crippen MR) is 128 cm³/mol. The lowest BCUT2D eigenvalue weighted by atomic mass is 10.0. The molecule has 1 aliphatic rings. The number of nitrogens with zero attached hydrogens (tertiary/aromatic N) is 4. The van der Waals surface area contributed by atoms with Crippen LogP contribution in [0.3, 0.4) is 0 Å². The number of amides is 2. The van der Waals surface area contributed by atoms with Crippen molar-refractivity contribution in [2.75, 3.05) is 22.3 Å². The molecule has 10 nitrogen and oxygen atoms in total. The molecule has 35 heavy (non-hydrogen) atoms. The van der Waals surface area contributed by atoms with Gasteiger partial charge in [0.2, 0.25) is 5.91 Å². The average Bonchev–Trinajstić information content (AvgIpc) is 3.41. The Morgan fingerprint density at radius 1 is 1.31 bits per heavy atom. The van der Waals surface area contributed by atoms with Gasteiger partial charge in [0.25, 0.3) is 11.3 Å². The van der Waals surface area contributed by atoms with E-state index in [4.69, 9.17) is 4.74 Å². The fourth-order valence-electron chi connectivity index (χ4n) is 3.70. The third-order valence-electron chi connectivity index (χ3n) is 5.44. The molecule has 1 saturated heterocycles. The highest BCUT2D eigenvalue weighted by molar-refractivity contribution is 7.80. The number of ether oxygens (including phenoxy) is 1. The van der Waals surface area contributed by atoms with Gasteiger partial charge in [-0.05, 0) is 29.3 Å². The summed E-state index contributed by atoms with van der Waals surface area (Å²) in [5.41, 5.74) is 2.05. The van der Waals surface area contributed by atoms with E-state index in [2.05, 4.69) is 10.3 Å². The SMILES string of the molecule is CC(=O)NCC1CN(c2ccc(-c3ccc(CN(c4cn(C)cn4)S(=O)O)cc3)c(F)c2)C(=O)O1. The highest BCUT2D eigenvalue weighted by atomic mass is 32.2. The predicted octanol–water partition coefficient (Wildman–Crippen LogP) is 2.83. The number of benzene rings is 2. The minimum atomic E-state index is -2.27. The summed E-state index contributed by atoms with van der Waals surface area (Å²) in [6.07, 6.45) is 2.06. The van der Waals surface area contributed by atoms with Gasteiger partial charge in [0, 0.05) is 25.7 Å². The van der Waals surface area contributed by atoms with E-state index in [-0.39, 0.29) is 25.5 Å². The fourth-order valence-corrected chi connectivity index (χ4v) is 4.22. The van der Waals surface area contributed by atoms with E-state index in [9.17, 15) is 22.7 Å². The van der Waals surface area contributed by atoms with Crippen molar-refractivity contribution in [2.24, 2.45) is 7.05 Å². The molecule has 0 radical (unpaired) electrons. The fraction of sp³-hybridized carbons (Fsp3) is 0.261. The number of nitrogens with one attached hydrogen (secondary N) is 1. The first kappa shape index (κ1) is 24.4. The smallest absolute Gasteiger partial charge is 0.414 e. The average molecular weight is 502 g/mol. The summed E-state index contributed by atoms with van der Waals surface area (Å²) in [7, 11) is 1.76. The Kier molecular flexibility index (Phi) is 7.12. The maximum absolute atomic E-state index is 15.0. The molecule has 0 saturated carbocycles. The number of cyclic esters (lactones) is 1. The first-order valence-corrected chi connectivity index (χ1v) is 11.8. The zero-order chi connectivity index (χ0) is 25.1. The molecule has 0 spiro atoms. The Balaban J connectivity index is 1.46. The van der Waals surface area contributed by atoms with Crippen LogP contribution in [0.4, 0.5) is 20.7 Å². The van der Waals surface area contributed by atoms with Crippen LogP contribution in [-0.4, -0.2) is 49.5 Å². The van der Waals surface area contributed by atoms with Crippen LogP contribution < -0.4 is 14.5 Å². The van der Waals surface area contributed by atoms with Gasteiger partial charge in [0.1, 0.15) is 11.9 Å². The highest BCUT2D eigenvalue weighted by Gasteiger charge is 2.32. The van der Waals surface area contributed by atoms with Gasteiger partial charge in [-0.1, -0.05) is 24.3 Å². The molecule has 1 fully saturated rings. The zero-order valence-corrected chi connectivity index (χ0v) is 19.9. The van der Waals surface area contributed by atoms with Crippen LogP contribution in [0.1, 0.15) is 12.5 Å². The minimum Gasteiger partial charge on any atom is -0.442 e. The lowest BCUT2D eigenvalue weighted by Crippen LogP contribution is -2.33. The normalized spacial score (nSPS) is 16.2. The number of aromatic nitrogens is 2. The van der Waals surface area contributed by atoms with Crippen LogP contribution in [0.2, 0.25) is 0 Å². The second-order valence-corrected chi connectivity index (χ2v) is 8.98. The monoisotopic (exact) mass is 501 g/mol. The van der Waals surface area contributed by atoms with E-state index >= 15 is 0 Å². The van der Waals surface area contributed by atoms with E-state index in [0.717, 1.165) is 5.56 Å². The first-order chi connectivity index (χ1) is 16.7. The molecular formula is C23H24FN5O5S. The molecule has 2 aromatic carbocycles. The van der Waals surface area contributed by atoms with Crippen LogP contribution >= 0.6 is 0 Å². The Morgan fingerprint density at radius 3 is 2.66 bits per heavy atom. The number of carbonyl (C=O) groups excluding carboxylic acids is 2. The zero-order valence-electron chi connectivity index (χ0n) is 19.1. The maximum atomic E-state index is 15.0. The molecule has 184 valence electrons. The Bertz CT molecular complexity index is 1270. The van der Waals surface area contributed by atoms with Gasteiger partial charge >= 0.3 is 6.09 Å². The number of hydrogen-bond acceptors (Lipinski definition) is 5. The van der Waals surface area contributed by atoms with Crippen LogP contribution in [0.5, 0.6) is 0 Å². The largest absolute Gasteiger partial charge is 0.442 e. The number of carbonyl (C=O) groups is 2. The third-order valence-corrected chi connectivity index (χ3v) is 6.14. The Morgan fingerprint density at radius 2 is 2.06 bits per heavy atom. The third kappa shape index (κ3) is 5.66. The van der Waals surface area contributed by atoms with E-state index in [0.29, 0.717) is 22.6 Å². The van der Waals surface area contributed by atoms with Gasteiger partial charge in [-0.15, -0.1) is 0 Å². The Hall–Kier alpha value is -3.77. The molecule has 2 atom stereocenters. The molecule has 12 heteroatoms. The molecule has 2 heterocycles. The molecule has 1 aromatic heterocycles.